The molecular weight excluding hydrogens is 354 g/mol. The zero-order chi connectivity index (χ0) is 18.7. The number of hydrogen-bond acceptors (Lipinski definition) is 5. The maximum Gasteiger partial charge on any atom is 0.337 e. The lowest BCUT2D eigenvalue weighted by Crippen LogP contribution is -2.35. The van der Waals surface area contributed by atoms with E-state index in [9.17, 15) is 19.5 Å². The van der Waals surface area contributed by atoms with Gasteiger partial charge in [-0.25, -0.2) is 9.78 Å². The number of aromatic nitrogens is 2. The normalized spacial score (nSPS) is 10.8. The number of nitrogens with one attached hydrogen (secondary N) is 1. The van der Waals surface area contributed by atoms with Crippen molar-refractivity contribution in [3.8, 4) is 0 Å². The predicted molar refractivity (Wildman–Crippen MR) is 98.7 cm³/mol. The second-order valence-electron chi connectivity index (χ2n) is 5.77. The molecule has 0 fully saturated rings. The zero-order valence-electron chi connectivity index (χ0n) is 14.1. The van der Waals surface area contributed by atoms with Gasteiger partial charge in [0.05, 0.1) is 10.9 Å². The van der Waals surface area contributed by atoms with Crippen LogP contribution in [0.1, 0.15) is 21.7 Å². The Kier molecular flexibility index (Phi) is 5.13. The van der Waals surface area contributed by atoms with E-state index in [2.05, 4.69) is 10.3 Å². The molecule has 3 aromatic rings. The molecule has 7 nitrogen and oxygen atoms in total. The molecule has 2 N–H and O–H groups in total. The number of carbonyl (C=O) groups excluding carboxylic acids is 1. The van der Waals surface area contributed by atoms with Crippen LogP contribution < -0.4 is 10.9 Å². The topological polar surface area (TPSA) is 101 Å². The zero-order valence-corrected chi connectivity index (χ0v) is 14.9. The summed E-state index contributed by atoms with van der Waals surface area (Å²) in [6, 6.07) is 9.74. The molecule has 0 saturated carbocycles. The Morgan fingerprint density at radius 3 is 2.69 bits per heavy atom. The fraction of sp³-hybridized carbons (Fsp3) is 0.222. The van der Waals surface area contributed by atoms with Crippen molar-refractivity contribution in [1.29, 1.82) is 0 Å². The van der Waals surface area contributed by atoms with E-state index in [-0.39, 0.29) is 23.4 Å². The monoisotopic (exact) mass is 371 g/mol. The molecule has 0 saturated heterocycles. The predicted octanol–water partition coefficient (Wildman–Crippen LogP) is 1.82. The molecule has 1 aromatic carbocycles. The van der Waals surface area contributed by atoms with Gasteiger partial charge in [-0.2, -0.15) is 0 Å². The van der Waals surface area contributed by atoms with Crippen LogP contribution in [0.25, 0.3) is 10.2 Å². The van der Waals surface area contributed by atoms with Crippen LogP contribution in [0.15, 0.2) is 40.5 Å². The van der Waals surface area contributed by atoms with E-state index >= 15 is 0 Å². The lowest BCUT2D eigenvalue weighted by Gasteiger charge is -2.10. The molecule has 0 aliphatic heterocycles. The third-order valence-corrected chi connectivity index (χ3v) is 4.87. The van der Waals surface area contributed by atoms with Crippen molar-refractivity contribution in [3.05, 3.63) is 63.0 Å². The first-order valence-corrected chi connectivity index (χ1v) is 8.88. The number of carbonyl (C=O) groups is 2. The van der Waals surface area contributed by atoms with Gasteiger partial charge in [-0.3, -0.25) is 14.2 Å². The van der Waals surface area contributed by atoms with Gasteiger partial charge in [0.15, 0.2) is 0 Å². The minimum Gasteiger partial charge on any atom is -0.478 e. The van der Waals surface area contributed by atoms with Crippen molar-refractivity contribution in [3.63, 3.8) is 0 Å². The molecular formula is C18H17N3O4S. The fourth-order valence-corrected chi connectivity index (χ4v) is 3.61. The van der Waals surface area contributed by atoms with Crippen LogP contribution in [0.3, 0.4) is 0 Å². The molecule has 2 aromatic heterocycles. The summed E-state index contributed by atoms with van der Waals surface area (Å²) in [6.07, 6.45) is 0.686. The number of amides is 1. The molecule has 0 aliphatic rings. The Morgan fingerprint density at radius 1 is 1.27 bits per heavy atom. The summed E-state index contributed by atoms with van der Waals surface area (Å²) >= 11 is 1.10. The highest BCUT2D eigenvalue weighted by Gasteiger charge is 2.19. The summed E-state index contributed by atoms with van der Waals surface area (Å²) < 4.78 is 1.21. The van der Waals surface area contributed by atoms with Crippen molar-refractivity contribution >= 4 is 33.4 Å². The maximum atomic E-state index is 12.7. The molecule has 0 atom stereocenters. The number of carboxylic acids is 1. The summed E-state index contributed by atoms with van der Waals surface area (Å²) in [5.41, 5.74) is 0.513. The van der Waals surface area contributed by atoms with Crippen LogP contribution in [-0.2, 0) is 17.8 Å². The first-order valence-electron chi connectivity index (χ1n) is 8.00. The van der Waals surface area contributed by atoms with E-state index in [0.717, 1.165) is 16.9 Å². The van der Waals surface area contributed by atoms with Crippen molar-refractivity contribution in [2.24, 2.45) is 0 Å². The Hall–Kier alpha value is -3.00. The average molecular weight is 371 g/mol. The van der Waals surface area contributed by atoms with Gasteiger partial charge in [-0.1, -0.05) is 30.3 Å². The minimum atomic E-state index is -1.18. The molecule has 26 heavy (non-hydrogen) atoms. The van der Waals surface area contributed by atoms with Crippen molar-refractivity contribution in [1.82, 2.24) is 14.9 Å². The molecule has 0 bridgehead atoms. The maximum absolute atomic E-state index is 12.7. The number of thiophene rings is 1. The number of carboxylic acid groups (broad SMARTS) is 1. The lowest BCUT2D eigenvalue weighted by molar-refractivity contribution is -0.121. The summed E-state index contributed by atoms with van der Waals surface area (Å²) in [5.74, 6) is -1.13. The van der Waals surface area contributed by atoms with Crippen LogP contribution in [-0.4, -0.2) is 33.1 Å². The molecule has 0 radical (unpaired) electrons. The summed E-state index contributed by atoms with van der Waals surface area (Å²) in [4.78, 5) is 40.7. The van der Waals surface area contributed by atoms with E-state index in [4.69, 9.17) is 0 Å². The van der Waals surface area contributed by atoms with Crippen LogP contribution in [0, 0.1) is 6.92 Å². The fourth-order valence-electron chi connectivity index (χ4n) is 2.66. The molecule has 8 heteroatoms. The number of aromatic carboxylic acids is 1. The van der Waals surface area contributed by atoms with Gasteiger partial charge in [0.25, 0.3) is 5.56 Å². The van der Waals surface area contributed by atoms with Crippen LogP contribution in [0.2, 0.25) is 0 Å². The Balaban J connectivity index is 1.75. The largest absolute Gasteiger partial charge is 0.478 e. The number of benzene rings is 1. The molecule has 2 heterocycles. The van der Waals surface area contributed by atoms with Gasteiger partial charge in [-0.05, 0) is 18.9 Å². The minimum absolute atomic E-state index is 0.0465. The van der Waals surface area contributed by atoms with Crippen LogP contribution in [0.4, 0.5) is 0 Å². The molecule has 0 unspecified atom stereocenters. The Morgan fingerprint density at radius 2 is 2.00 bits per heavy atom. The smallest absolute Gasteiger partial charge is 0.337 e. The lowest BCUT2D eigenvalue weighted by atomic mass is 10.1. The van der Waals surface area contributed by atoms with Crippen LogP contribution >= 0.6 is 11.3 Å². The summed E-state index contributed by atoms with van der Waals surface area (Å²) in [7, 11) is 0. The number of rotatable bonds is 6. The second kappa shape index (κ2) is 7.49. The third-order valence-electron chi connectivity index (χ3n) is 4.00. The molecule has 1 amide bonds. The Bertz CT molecular complexity index is 1020. The second-order valence-corrected chi connectivity index (χ2v) is 6.63. The van der Waals surface area contributed by atoms with Gasteiger partial charge in [0.1, 0.15) is 17.2 Å². The SMILES string of the molecule is Cc1nc2scc(C(=O)O)c2c(=O)n1CC(=O)NCCc1ccccc1. The molecule has 3 rings (SSSR count). The van der Waals surface area contributed by atoms with E-state index in [1.807, 2.05) is 30.3 Å². The quantitative estimate of drug-likeness (QED) is 0.688. The summed E-state index contributed by atoms with van der Waals surface area (Å²) in [5, 5.41) is 13.4. The number of hydrogen-bond donors (Lipinski definition) is 2. The van der Waals surface area contributed by atoms with Crippen molar-refractivity contribution in [2.75, 3.05) is 6.54 Å². The van der Waals surface area contributed by atoms with Gasteiger partial charge in [0.2, 0.25) is 5.91 Å². The van der Waals surface area contributed by atoms with Crippen molar-refractivity contribution < 1.29 is 14.7 Å². The number of aryl methyl sites for hydroxylation is 1. The molecule has 0 aliphatic carbocycles. The van der Waals surface area contributed by atoms with Gasteiger partial charge >= 0.3 is 5.97 Å². The van der Waals surface area contributed by atoms with Gasteiger partial charge < -0.3 is 10.4 Å². The standard InChI is InChI=1S/C18H17N3O4S/c1-11-20-16-15(13(10-26-16)18(24)25)17(23)21(11)9-14(22)19-8-7-12-5-3-2-4-6-12/h2-6,10H,7-9H2,1H3,(H,19,22)(H,24,25). The van der Waals surface area contributed by atoms with Gasteiger partial charge in [0, 0.05) is 11.9 Å². The first-order chi connectivity index (χ1) is 12.5. The van der Waals surface area contributed by atoms with E-state index in [1.165, 1.54) is 9.95 Å². The van der Waals surface area contributed by atoms with E-state index in [1.54, 1.807) is 6.92 Å². The van der Waals surface area contributed by atoms with Crippen LogP contribution in [0.5, 0.6) is 0 Å². The number of fused-ring (bicyclic) bond motifs is 1. The van der Waals surface area contributed by atoms with Crippen molar-refractivity contribution in [2.45, 2.75) is 19.9 Å². The third kappa shape index (κ3) is 3.65. The van der Waals surface area contributed by atoms with E-state index < -0.39 is 11.5 Å². The first kappa shape index (κ1) is 17.8. The Labute approximate surface area is 152 Å². The highest BCUT2D eigenvalue weighted by molar-refractivity contribution is 7.17. The molecule has 134 valence electrons. The molecule has 0 spiro atoms. The average Bonchev–Trinajstić information content (AvgIpc) is 3.03. The van der Waals surface area contributed by atoms with Gasteiger partial charge in [-0.15, -0.1) is 11.3 Å². The van der Waals surface area contributed by atoms with E-state index in [0.29, 0.717) is 23.6 Å². The summed E-state index contributed by atoms with van der Waals surface area (Å²) in [6.45, 7) is 1.88. The number of nitrogens with zero attached hydrogens (tertiary/aromatic N) is 2. The highest BCUT2D eigenvalue weighted by Crippen LogP contribution is 2.21. The highest BCUT2D eigenvalue weighted by atomic mass is 32.1.